The van der Waals surface area contributed by atoms with E-state index in [0.29, 0.717) is 6.61 Å². The molecule has 0 heterocycles. The molecule has 0 fully saturated rings. The van der Waals surface area contributed by atoms with Crippen LogP contribution >= 0.6 is 0 Å². The smallest absolute Gasteiger partial charge is 0.318 e. The first-order chi connectivity index (χ1) is 9.38. The predicted molar refractivity (Wildman–Crippen MR) is 77.2 cm³/mol. The maximum absolute atomic E-state index is 11.6. The Labute approximate surface area is 118 Å². The number of ether oxygens (including phenoxy) is 1. The number of benzene rings is 1. The minimum atomic E-state index is -0.859. The van der Waals surface area contributed by atoms with Gasteiger partial charge in [0.15, 0.2) is 0 Å². The van der Waals surface area contributed by atoms with Crippen LogP contribution in [0.4, 0.5) is 10.5 Å². The van der Waals surface area contributed by atoms with Crippen molar-refractivity contribution in [1.29, 1.82) is 0 Å². The van der Waals surface area contributed by atoms with Gasteiger partial charge in [0.25, 0.3) is 0 Å². The molecule has 0 aliphatic carbocycles. The Kier molecular flexibility index (Phi) is 5.99. The molecule has 0 aliphatic rings. The van der Waals surface area contributed by atoms with Crippen molar-refractivity contribution in [3.63, 3.8) is 0 Å². The van der Waals surface area contributed by atoms with Crippen LogP contribution in [0.25, 0.3) is 0 Å². The van der Waals surface area contributed by atoms with E-state index in [0.717, 1.165) is 11.3 Å². The fraction of sp³-hybridized carbons (Fsp3) is 0.429. The van der Waals surface area contributed by atoms with Crippen LogP contribution in [-0.4, -0.2) is 24.1 Å². The van der Waals surface area contributed by atoms with E-state index < -0.39 is 18.0 Å². The molecule has 6 heteroatoms. The summed E-state index contributed by atoms with van der Waals surface area (Å²) < 4.78 is 5.52. The van der Waals surface area contributed by atoms with Crippen molar-refractivity contribution in [2.75, 3.05) is 5.32 Å². The van der Waals surface area contributed by atoms with Crippen LogP contribution in [-0.2, 0) is 16.1 Å². The number of urea groups is 1. The zero-order valence-corrected chi connectivity index (χ0v) is 12.0. The molecule has 0 bridgehead atoms. The first-order valence-corrected chi connectivity index (χ1v) is 6.46. The number of nitrogens with two attached hydrogens (primary N) is 1. The fourth-order valence-corrected chi connectivity index (χ4v) is 1.56. The van der Waals surface area contributed by atoms with Gasteiger partial charge in [0.1, 0.15) is 6.04 Å². The van der Waals surface area contributed by atoms with Crippen LogP contribution in [0.2, 0.25) is 0 Å². The Hall–Kier alpha value is -2.08. The molecule has 6 nitrogen and oxygen atoms in total. The molecule has 4 N–H and O–H groups in total. The van der Waals surface area contributed by atoms with E-state index in [1.54, 1.807) is 6.92 Å². The summed E-state index contributed by atoms with van der Waals surface area (Å²) in [5.74, 6) is -0.471. The molecule has 0 saturated heterocycles. The molecule has 1 atom stereocenters. The van der Waals surface area contributed by atoms with Gasteiger partial charge in [-0.3, -0.25) is 10.1 Å². The minimum absolute atomic E-state index is 0.159. The highest BCUT2D eigenvalue weighted by Crippen LogP contribution is 2.13. The lowest BCUT2D eigenvalue weighted by Crippen LogP contribution is -2.43. The number of imide groups is 1. The first-order valence-electron chi connectivity index (χ1n) is 6.46. The monoisotopic (exact) mass is 279 g/mol. The van der Waals surface area contributed by atoms with E-state index in [1.807, 2.05) is 43.4 Å². The first kappa shape index (κ1) is 16.0. The van der Waals surface area contributed by atoms with Gasteiger partial charge in [-0.15, -0.1) is 0 Å². The second-order valence-corrected chi connectivity index (χ2v) is 4.78. The Morgan fingerprint density at radius 2 is 2.00 bits per heavy atom. The van der Waals surface area contributed by atoms with Gasteiger partial charge in [0.2, 0.25) is 5.91 Å². The third-order valence-electron chi connectivity index (χ3n) is 2.53. The molecule has 0 aliphatic heterocycles. The van der Waals surface area contributed by atoms with Crippen molar-refractivity contribution in [3.8, 4) is 0 Å². The number of anilines is 1. The van der Waals surface area contributed by atoms with Crippen molar-refractivity contribution >= 4 is 17.6 Å². The molecule has 110 valence electrons. The number of carbonyl (C=O) groups excluding carboxylic acids is 2. The summed E-state index contributed by atoms with van der Waals surface area (Å²) in [6.45, 7) is 6.10. The van der Waals surface area contributed by atoms with Gasteiger partial charge >= 0.3 is 6.03 Å². The molecule has 1 rings (SSSR count). The highest BCUT2D eigenvalue weighted by molar-refractivity contribution is 5.97. The average molecular weight is 279 g/mol. The normalized spacial score (nSPS) is 12.0. The molecular weight excluding hydrogens is 258 g/mol. The van der Waals surface area contributed by atoms with Crippen LogP contribution in [0.1, 0.15) is 26.3 Å². The highest BCUT2D eigenvalue weighted by atomic mass is 16.5. The molecule has 1 aromatic carbocycles. The molecule has 1 aromatic rings. The largest absolute Gasteiger partial charge is 0.374 e. The third kappa shape index (κ3) is 5.71. The number of hydrogen-bond donors (Lipinski definition) is 3. The van der Waals surface area contributed by atoms with Crippen LogP contribution < -0.4 is 16.4 Å². The Morgan fingerprint density at radius 1 is 1.30 bits per heavy atom. The zero-order valence-electron chi connectivity index (χ0n) is 12.0. The summed E-state index contributed by atoms with van der Waals surface area (Å²) in [6, 6.07) is 6.14. The van der Waals surface area contributed by atoms with E-state index in [2.05, 4.69) is 5.32 Å². The summed E-state index contributed by atoms with van der Waals surface area (Å²) in [5.41, 5.74) is 6.69. The Bertz CT molecular complexity index is 474. The van der Waals surface area contributed by atoms with E-state index in [1.165, 1.54) is 0 Å². The van der Waals surface area contributed by atoms with E-state index >= 15 is 0 Å². The second kappa shape index (κ2) is 7.49. The lowest BCUT2D eigenvalue weighted by molar-refractivity contribution is -0.120. The summed E-state index contributed by atoms with van der Waals surface area (Å²) in [6.07, 6.45) is 0.159. The molecule has 3 amide bonds. The van der Waals surface area contributed by atoms with Crippen molar-refractivity contribution < 1.29 is 14.3 Å². The molecule has 0 spiro atoms. The average Bonchev–Trinajstić information content (AvgIpc) is 2.36. The van der Waals surface area contributed by atoms with Gasteiger partial charge in [-0.1, -0.05) is 12.1 Å². The summed E-state index contributed by atoms with van der Waals surface area (Å²) in [4.78, 5) is 22.2. The topological polar surface area (TPSA) is 93.4 Å². The molecule has 0 aromatic heterocycles. The van der Waals surface area contributed by atoms with Crippen molar-refractivity contribution in [3.05, 3.63) is 29.8 Å². The number of amides is 3. The number of rotatable bonds is 6. The van der Waals surface area contributed by atoms with Crippen molar-refractivity contribution in [2.24, 2.45) is 5.73 Å². The number of hydrogen-bond acceptors (Lipinski definition) is 4. The van der Waals surface area contributed by atoms with E-state index in [9.17, 15) is 9.59 Å². The quantitative estimate of drug-likeness (QED) is 0.737. The molecule has 0 radical (unpaired) electrons. The predicted octanol–water partition coefficient (Wildman–Crippen LogP) is 1.61. The van der Waals surface area contributed by atoms with Crippen molar-refractivity contribution in [2.45, 2.75) is 39.5 Å². The lowest BCUT2D eigenvalue weighted by atomic mass is 10.2. The van der Waals surface area contributed by atoms with Gasteiger partial charge in [-0.05, 0) is 38.5 Å². The SMILES string of the molecule is CC(C)OCc1cccc(N[C@@H](C)C(=O)NC(N)=O)c1. The molecule has 20 heavy (non-hydrogen) atoms. The standard InChI is InChI=1S/C14H21N3O3/c1-9(2)20-8-11-5-4-6-12(7-11)16-10(3)13(18)17-14(15)19/h4-7,9-10,16H,8H2,1-3H3,(H3,15,17,18,19)/t10-/m0/s1. The molecule has 0 unspecified atom stereocenters. The lowest BCUT2D eigenvalue weighted by Gasteiger charge is -2.15. The number of primary amides is 1. The summed E-state index contributed by atoms with van der Waals surface area (Å²) in [5, 5.41) is 5.03. The molecular formula is C14H21N3O3. The highest BCUT2D eigenvalue weighted by Gasteiger charge is 2.14. The third-order valence-corrected chi connectivity index (χ3v) is 2.53. The van der Waals surface area contributed by atoms with Crippen LogP contribution in [0.5, 0.6) is 0 Å². The fourth-order valence-electron chi connectivity index (χ4n) is 1.56. The number of carbonyl (C=O) groups is 2. The Morgan fingerprint density at radius 3 is 2.60 bits per heavy atom. The molecule has 0 saturated carbocycles. The summed E-state index contributed by atoms with van der Waals surface area (Å²) >= 11 is 0. The number of nitrogens with one attached hydrogen (secondary N) is 2. The summed E-state index contributed by atoms with van der Waals surface area (Å²) in [7, 11) is 0. The maximum atomic E-state index is 11.6. The zero-order chi connectivity index (χ0) is 15.1. The minimum Gasteiger partial charge on any atom is -0.374 e. The Balaban J connectivity index is 2.61. The van der Waals surface area contributed by atoms with Crippen molar-refractivity contribution in [1.82, 2.24) is 5.32 Å². The van der Waals surface area contributed by atoms with E-state index in [4.69, 9.17) is 10.5 Å². The van der Waals surface area contributed by atoms with Gasteiger partial charge in [0.05, 0.1) is 12.7 Å². The van der Waals surface area contributed by atoms with E-state index in [-0.39, 0.29) is 6.10 Å². The van der Waals surface area contributed by atoms with Gasteiger partial charge in [-0.25, -0.2) is 4.79 Å². The van der Waals surface area contributed by atoms with Gasteiger partial charge < -0.3 is 15.8 Å². The second-order valence-electron chi connectivity index (χ2n) is 4.78. The maximum Gasteiger partial charge on any atom is 0.318 e. The van der Waals surface area contributed by atoms with Gasteiger partial charge in [0, 0.05) is 5.69 Å². The van der Waals surface area contributed by atoms with Gasteiger partial charge in [-0.2, -0.15) is 0 Å². The van der Waals surface area contributed by atoms with Crippen LogP contribution in [0.3, 0.4) is 0 Å². The van der Waals surface area contributed by atoms with Crippen LogP contribution in [0, 0.1) is 0 Å². The van der Waals surface area contributed by atoms with Crippen LogP contribution in [0.15, 0.2) is 24.3 Å².